The molecule has 0 spiro atoms. The first-order valence-corrected chi connectivity index (χ1v) is 11.7. The van der Waals surface area contributed by atoms with Gasteiger partial charge in [-0.05, 0) is 43.3 Å². The van der Waals surface area contributed by atoms with Gasteiger partial charge in [-0.25, -0.2) is 4.99 Å². The van der Waals surface area contributed by atoms with Gasteiger partial charge in [0.1, 0.15) is 12.4 Å². The Labute approximate surface area is 188 Å². The van der Waals surface area contributed by atoms with Gasteiger partial charge < -0.3 is 15.2 Å². The molecule has 164 valence electrons. The molecule has 1 saturated heterocycles. The Morgan fingerprint density at radius 2 is 2.06 bits per heavy atom. The predicted octanol–water partition coefficient (Wildman–Crippen LogP) is 3.09. The molecule has 0 aliphatic carbocycles. The van der Waals surface area contributed by atoms with Crippen LogP contribution < -0.4 is 10.6 Å². The Hall–Kier alpha value is -2.71. The third-order valence-electron chi connectivity index (χ3n) is 5.67. The number of guanidine groups is 1. The van der Waals surface area contributed by atoms with E-state index in [1.165, 1.54) is 16.9 Å². The molecule has 3 aromatic rings. The van der Waals surface area contributed by atoms with Gasteiger partial charge in [0.15, 0.2) is 11.8 Å². The molecule has 1 aliphatic heterocycles. The van der Waals surface area contributed by atoms with E-state index in [1.807, 2.05) is 18.5 Å². The third-order valence-corrected chi connectivity index (χ3v) is 6.54. The summed E-state index contributed by atoms with van der Waals surface area (Å²) in [6.45, 7) is 6.36. The fourth-order valence-corrected chi connectivity index (χ4v) is 4.47. The van der Waals surface area contributed by atoms with Crippen LogP contribution in [0.2, 0.25) is 0 Å². The van der Waals surface area contributed by atoms with Crippen molar-refractivity contribution < 1.29 is 0 Å². The molecule has 0 radical (unpaired) electrons. The molecule has 7 nitrogen and oxygen atoms in total. The second-order valence-electron chi connectivity index (χ2n) is 8.02. The number of aryl methyl sites for hydroxylation is 1. The first-order valence-electron chi connectivity index (χ1n) is 10.9. The number of thiophene rings is 1. The normalized spacial score (nSPS) is 17.6. The molecule has 1 aliphatic rings. The van der Waals surface area contributed by atoms with E-state index in [4.69, 9.17) is 4.99 Å². The lowest BCUT2D eigenvalue weighted by Gasteiger charge is -2.34. The van der Waals surface area contributed by atoms with Gasteiger partial charge >= 0.3 is 0 Å². The van der Waals surface area contributed by atoms with Crippen molar-refractivity contribution in [2.24, 2.45) is 12.0 Å². The Bertz CT molecular complexity index is 965. The first-order chi connectivity index (χ1) is 15.2. The van der Waals surface area contributed by atoms with Gasteiger partial charge in [0.05, 0.1) is 6.54 Å². The van der Waals surface area contributed by atoms with Crippen LogP contribution in [-0.2, 0) is 26.7 Å². The first kappa shape index (κ1) is 21.5. The fraction of sp³-hybridized carbons (Fsp3) is 0.435. The molecule has 1 aromatic carbocycles. The molecule has 2 aromatic heterocycles. The standard InChI is InChI=1S/C23H31N7S/c1-18-27-28-22(29(18)2)15-25-23(24-14-21-11-7-13-31-21)26-20-10-6-12-30(17-20)16-19-8-4-3-5-9-19/h3-5,7-9,11,13,20H,6,10,12,14-17H2,1-2H3,(H2,24,25,26). The van der Waals surface area contributed by atoms with Gasteiger partial charge in [0.2, 0.25) is 0 Å². The second-order valence-corrected chi connectivity index (χ2v) is 9.06. The van der Waals surface area contributed by atoms with Crippen molar-refractivity contribution in [2.75, 3.05) is 13.1 Å². The lowest BCUT2D eigenvalue weighted by atomic mass is 10.0. The van der Waals surface area contributed by atoms with Crippen LogP contribution in [0.4, 0.5) is 0 Å². The molecule has 1 fully saturated rings. The van der Waals surface area contributed by atoms with Crippen LogP contribution >= 0.6 is 11.3 Å². The lowest BCUT2D eigenvalue weighted by molar-refractivity contribution is 0.192. The number of aliphatic imine (C=N–C) groups is 1. The van der Waals surface area contributed by atoms with Gasteiger partial charge in [-0.15, -0.1) is 21.5 Å². The predicted molar refractivity (Wildman–Crippen MR) is 126 cm³/mol. The maximum atomic E-state index is 4.83. The van der Waals surface area contributed by atoms with E-state index in [0.717, 1.165) is 50.2 Å². The molecular formula is C23H31N7S. The zero-order valence-corrected chi connectivity index (χ0v) is 19.1. The molecule has 0 bridgehead atoms. The number of nitrogens with zero attached hydrogens (tertiary/aromatic N) is 5. The van der Waals surface area contributed by atoms with Crippen molar-refractivity contribution in [1.29, 1.82) is 0 Å². The zero-order chi connectivity index (χ0) is 21.5. The summed E-state index contributed by atoms with van der Waals surface area (Å²) in [5.41, 5.74) is 1.37. The van der Waals surface area contributed by atoms with Crippen molar-refractivity contribution in [1.82, 2.24) is 30.3 Å². The number of aromatic nitrogens is 3. The summed E-state index contributed by atoms with van der Waals surface area (Å²) >= 11 is 1.75. The Morgan fingerprint density at radius 3 is 2.81 bits per heavy atom. The maximum Gasteiger partial charge on any atom is 0.192 e. The van der Waals surface area contributed by atoms with Crippen LogP contribution in [-0.4, -0.2) is 44.8 Å². The van der Waals surface area contributed by atoms with Gasteiger partial charge in [0.25, 0.3) is 0 Å². The topological polar surface area (TPSA) is 70.4 Å². The molecule has 8 heteroatoms. The summed E-state index contributed by atoms with van der Waals surface area (Å²) in [6, 6.07) is 15.3. The van der Waals surface area contributed by atoms with Crippen molar-refractivity contribution in [3.8, 4) is 0 Å². The molecule has 1 atom stereocenters. The average molecular weight is 438 g/mol. The van der Waals surface area contributed by atoms with Crippen LogP contribution in [0.3, 0.4) is 0 Å². The number of likely N-dealkylation sites (tertiary alicyclic amines) is 1. The minimum atomic E-state index is 0.369. The second kappa shape index (κ2) is 10.5. The van der Waals surface area contributed by atoms with Crippen LogP contribution in [0.1, 0.15) is 34.9 Å². The minimum absolute atomic E-state index is 0.369. The molecule has 4 rings (SSSR count). The molecule has 3 heterocycles. The number of benzene rings is 1. The maximum absolute atomic E-state index is 4.83. The minimum Gasteiger partial charge on any atom is -0.352 e. The van der Waals surface area contributed by atoms with E-state index in [0.29, 0.717) is 12.6 Å². The van der Waals surface area contributed by atoms with E-state index >= 15 is 0 Å². The van der Waals surface area contributed by atoms with Crippen molar-refractivity contribution in [3.05, 3.63) is 69.9 Å². The van der Waals surface area contributed by atoms with Gasteiger partial charge in [-0.3, -0.25) is 4.90 Å². The lowest BCUT2D eigenvalue weighted by Crippen LogP contribution is -2.50. The summed E-state index contributed by atoms with van der Waals surface area (Å²) in [7, 11) is 1.98. The molecule has 1 unspecified atom stereocenters. The van der Waals surface area contributed by atoms with Crippen LogP contribution in [0.5, 0.6) is 0 Å². The molecule has 0 amide bonds. The Morgan fingerprint density at radius 1 is 1.19 bits per heavy atom. The van der Waals surface area contributed by atoms with Gasteiger partial charge in [-0.2, -0.15) is 0 Å². The summed E-state index contributed by atoms with van der Waals surface area (Å²) in [4.78, 5) is 8.65. The summed E-state index contributed by atoms with van der Waals surface area (Å²) < 4.78 is 1.99. The zero-order valence-electron chi connectivity index (χ0n) is 18.3. The van der Waals surface area contributed by atoms with Crippen LogP contribution in [0, 0.1) is 6.92 Å². The highest BCUT2D eigenvalue weighted by molar-refractivity contribution is 7.09. The quantitative estimate of drug-likeness (QED) is 0.439. The smallest absolute Gasteiger partial charge is 0.192 e. The Balaban J connectivity index is 1.40. The highest BCUT2D eigenvalue weighted by Crippen LogP contribution is 2.14. The van der Waals surface area contributed by atoms with E-state index in [1.54, 1.807) is 11.3 Å². The number of hydrogen-bond donors (Lipinski definition) is 2. The van der Waals surface area contributed by atoms with E-state index < -0.39 is 0 Å². The molecule has 0 saturated carbocycles. The van der Waals surface area contributed by atoms with Crippen molar-refractivity contribution in [3.63, 3.8) is 0 Å². The largest absolute Gasteiger partial charge is 0.352 e. The molecule has 31 heavy (non-hydrogen) atoms. The highest BCUT2D eigenvalue weighted by Gasteiger charge is 2.21. The SMILES string of the molecule is Cc1nnc(CN=C(NCc2cccs2)NC2CCCN(Cc3ccccc3)C2)n1C. The number of piperidine rings is 1. The van der Waals surface area contributed by atoms with Crippen molar-refractivity contribution >= 4 is 17.3 Å². The number of hydrogen-bond acceptors (Lipinski definition) is 5. The van der Waals surface area contributed by atoms with E-state index in [2.05, 4.69) is 73.6 Å². The third kappa shape index (κ3) is 6.15. The summed E-state index contributed by atoms with van der Waals surface area (Å²) in [5.74, 6) is 2.60. The summed E-state index contributed by atoms with van der Waals surface area (Å²) in [6.07, 6.45) is 2.33. The van der Waals surface area contributed by atoms with Gasteiger partial charge in [0, 0.05) is 31.1 Å². The fourth-order valence-electron chi connectivity index (χ4n) is 3.83. The molecule has 2 N–H and O–H groups in total. The van der Waals surface area contributed by atoms with Gasteiger partial charge in [-0.1, -0.05) is 36.4 Å². The number of nitrogens with one attached hydrogen (secondary N) is 2. The highest BCUT2D eigenvalue weighted by atomic mass is 32.1. The van der Waals surface area contributed by atoms with Crippen LogP contribution in [0.15, 0.2) is 52.8 Å². The molecular weight excluding hydrogens is 406 g/mol. The van der Waals surface area contributed by atoms with E-state index in [9.17, 15) is 0 Å². The number of rotatable bonds is 7. The van der Waals surface area contributed by atoms with Crippen LogP contribution in [0.25, 0.3) is 0 Å². The van der Waals surface area contributed by atoms with Crippen molar-refractivity contribution in [2.45, 2.75) is 45.4 Å². The Kier molecular flexibility index (Phi) is 7.32. The monoisotopic (exact) mass is 437 g/mol. The van der Waals surface area contributed by atoms with E-state index in [-0.39, 0.29) is 0 Å². The summed E-state index contributed by atoms with van der Waals surface area (Å²) in [5, 5.41) is 17.7. The average Bonchev–Trinajstić information content (AvgIpc) is 3.42.